The molecule has 114 valence electrons. The Morgan fingerprint density at radius 1 is 1.29 bits per heavy atom. The first-order valence-electron chi connectivity index (χ1n) is 7.19. The van der Waals surface area contributed by atoms with Crippen LogP contribution in [0.25, 0.3) is 0 Å². The van der Waals surface area contributed by atoms with Crippen LogP contribution in [-0.4, -0.2) is 9.78 Å². The Morgan fingerprint density at radius 3 is 2.71 bits per heavy atom. The number of alkyl halides is 1. The molecule has 0 saturated carbocycles. The molecule has 0 fully saturated rings. The summed E-state index contributed by atoms with van der Waals surface area (Å²) in [7, 11) is 0. The maximum atomic E-state index is 6.16. The van der Waals surface area contributed by atoms with Gasteiger partial charge in [0.15, 0.2) is 0 Å². The van der Waals surface area contributed by atoms with Gasteiger partial charge in [0.2, 0.25) is 0 Å². The van der Waals surface area contributed by atoms with E-state index in [0.717, 1.165) is 29.8 Å². The number of halogens is 2. The van der Waals surface area contributed by atoms with Crippen molar-refractivity contribution in [2.45, 2.75) is 44.7 Å². The normalized spacial score (nSPS) is 11.1. The molecule has 1 aromatic heterocycles. The van der Waals surface area contributed by atoms with Crippen molar-refractivity contribution in [3.8, 4) is 5.75 Å². The molecule has 0 atom stereocenters. The number of rotatable bonds is 7. The van der Waals surface area contributed by atoms with E-state index >= 15 is 0 Å². The molecule has 1 heterocycles. The van der Waals surface area contributed by atoms with Crippen molar-refractivity contribution in [2.24, 2.45) is 0 Å². The van der Waals surface area contributed by atoms with Crippen molar-refractivity contribution in [1.29, 1.82) is 0 Å². The average molecular weight is 372 g/mol. The standard InChI is InChI=1S/C16H20BrClN2O/c1-3-13(4-2)20-9-8-12(19-20)11-21-16-7-5-6-15(18)14(16)10-17/h5-9,13H,3-4,10-11H2,1-2H3. The van der Waals surface area contributed by atoms with Gasteiger partial charge in [0.05, 0.1) is 11.7 Å². The van der Waals surface area contributed by atoms with E-state index in [1.165, 1.54) is 0 Å². The summed E-state index contributed by atoms with van der Waals surface area (Å²) in [5.41, 5.74) is 1.90. The van der Waals surface area contributed by atoms with E-state index in [1.54, 1.807) is 0 Å². The molecule has 2 rings (SSSR count). The van der Waals surface area contributed by atoms with Crippen molar-refractivity contribution in [1.82, 2.24) is 9.78 Å². The Kier molecular flexibility index (Phi) is 6.12. The Morgan fingerprint density at radius 2 is 2.05 bits per heavy atom. The largest absolute Gasteiger partial charge is 0.487 e. The minimum absolute atomic E-state index is 0.452. The highest BCUT2D eigenvalue weighted by Crippen LogP contribution is 2.29. The molecule has 0 aliphatic rings. The Balaban J connectivity index is 2.05. The van der Waals surface area contributed by atoms with Gasteiger partial charge in [0, 0.05) is 22.1 Å². The maximum absolute atomic E-state index is 6.16. The molecule has 1 aromatic carbocycles. The van der Waals surface area contributed by atoms with Gasteiger partial charge in [-0.3, -0.25) is 4.68 Å². The monoisotopic (exact) mass is 370 g/mol. The van der Waals surface area contributed by atoms with E-state index in [2.05, 4.69) is 34.9 Å². The zero-order chi connectivity index (χ0) is 15.2. The fraction of sp³-hybridized carbons (Fsp3) is 0.438. The fourth-order valence-corrected chi connectivity index (χ4v) is 3.25. The number of hydrogen-bond acceptors (Lipinski definition) is 2. The van der Waals surface area contributed by atoms with Gasteiger partial charge in [0.25, 0.3) is 0 Å². The molecule has 0 amide bonds. The molecule has 0 unspecified atom stereocenters. The zero-order valence-electron chi connectivity index (χ0n) is 12.4. The van der Waals surface area contributed by atoms with Gasteiger partial charge in [-0.25, -0.2) is 0 Å². The van der Waals surface area contributed by atoms with Crippen LogP contribution in [0.2, 0.25) is 5.02 Å². The summed E-state index contributed by atoms with van der Waals surface area (Å²) < 4.78 is 7.89. The zero-order valence-corrected chi connectivity index (χ0v) is 14.7. The van der Waals surface area contributed by atoms with Crippen LogP contribution in [0.1, 0.15) is 44.0 Å². The topological polar surface area (TPSA) is 27.1 Å². The number of aromatic nitrogens is 2. The van der Waals surface area contributed by atoms with E-state index < -0.39 is 0 Å². The molecule has 0 N–H and O–H groups in total. The van der Waals surface area contributed by atoms with E-state index in [0.29, 0.717) is 23.0 Å². The third-order valence-electron chi connectivity index (χ3n) is 3.57. The molecule has 0 bridgehead atoms. The van der Waals surface area contributed by atoms with Crippen LogP contribution in [0.15, 0.2) is 30.5 Å². The first-order valence-corrected chi connectivity index (χ1v) is 8.69. The molecule has 0 aliphatic heterocycles. The van der Waals surface area contributed by atoms with Crippen LogP contribution in [-0.2, 0) is 11.9 Å². The van der Waals surface area contributed by atoms with Gasteiger partial charge in [-0.15, -0.1) is 0 Å². The predicted octanol–water partition coefficient (Wildman–Crippen LogP) is 5.37. The lowest BCUT2D eigenvalue weighted by Gasteiger charge is -2.13. The van der Waals surface area contributed by atoms with E-state index in [-0.39, 0.29) is 0 Å². The quantitative estimate of drug-likeness (QED) is 0.612. The van der Waals surface area contributed by atoms with E-state index in [1.807, 2.05) is 35.1 Å². The Bertz CT molecular complexity index is 581. The van der Waals surface area contributed by atoms with Gasteiger partial charge in [-0.05, 0) is 31.0 Å². The first-order chi connectivity index (χ1) is 10.2. The SMILES string of the molecule is CCC(CC)n1ccc(COc2cccc(Cl)c2CBr)n1. The lowest BCUT2D eigenvalue weighted by Crippen LogP contribution is -2.08. The first kappa shape index (κ1) is 16.4. The summed E-state index contributed by atoms with van der Waals surface area (Å²) in [6.07, 6.45) is 4.20. The second-order valence-electron chi connectivity index (χ2n) is 4.90. The smallest absolute Gasteiger partial charge is 0.132 e. The lowest BCUT2D eigenvalue weighted by atomic mass is 10.2. The number of nitrogens with zero attached hydrogens (tertiary/aromatic N) is 2. The Labute approximate surface area is 139 Å². The second-order valence-corrected chi connectivity index (χ2v) is 5.86. The molecule has 0 radical (unpaired) electrons. The Hall–Kier alpha value is -1.000. The van der Waals surface area contributed by atoms with E-state index in [9.17, 15) is 0 Å². The average Bonchev–Trinajstić information content (AvgIpc) is 2.95. The van der Waals surface area contributed by atoms with Gasteiger partial charge >= 0.3 is 0 Å². The number of ether oxygens (including phenoxy) is 1. The van der Waals surface area contributed by atoms with Crippen LogP contribution in [0.5, 0.6) is 5.75 Å². The van der Waals surface area contributed by atoms with Crippen molar-refractivity contribution < 1.29 is 4.74 Å². The molecule has 21 heavy (non-hydrogen) atoms. The summed E-state index contributed by atoms with van der Waals surface area (Å²) in [6, 6.07) is 8.17. The third-order valence-corrected chi connectivity index (χ3v) is 4.48. The summed E-state index contributed by atoms with van der Waals surface area (Å²) in [5.74, 6) is 0.802. The molecule has 0 spiro atoms. The third kappa shape index (κ3) is 4.01. The minimum Gasteiger partial charge on any atom is -0.487 e. The number of benzene rings is 1. The lowest BCUT2D eigenvalue weighted by molar-refractivity contribution is 0.295. The molecule has 5 heteroatoms. The second kappa shape index (κ2) is 7.85. The van der Waals surface area contributed by atoms with Crippen LogP contribution < -0.4 is 4.74 Å². The van der Waals surface area contributed by atoms with Gasteiger partial charge in [-0.1, -0.05) is 47.4 Å². The van der Waals surface area contributed by atoms with Gasteiger partial charge < -0.3 is 4.74 Å². The molecule has 2 aromatic rings. The molecule has 0 saturated heterocycles. The highest BCUT2D eigenvalue weighted by molar-refractivity contribution is 9.08. The number of hydrogen-bond donors (Lipinski definition) is 0. The highest BCUT2D eigenvalue weighted by Gasteiger charge is 2.10. The molecular weight excluding hydrogens is 352 g/mol. The summed E-state index contributed by atoms with van der Waals surface area (Å²) in [5, 5.41) is 5.98. The van der Waals surface area contributed by atoms with Crippen LogP contribution >= 0.6 is 27.5 Å². The highest BCUT2D eigenvalue weighted by atomic mass is 79.9. The summed E-state index contributed by atoms with van der Waals surface area (Å²) in [6.45, 7) is 4.81. The summed E-state index contributed by atoms with van der Waals surface area (Å²) >= 11 is 9.61. The van der Waals surface area contributed by atoms with Crippen molar-refractivity contribution in [2.75, 3.05) is 0 Å². The van der Waals surface area contributed by atoms with Gasteiger partial charge in [0.1, 0.15) is 12.4 Å². The van der Waals surface area contributed by atoms with Crippen LogP contribution in [0, 0.1) is 0 Å². The molecular formula is C16H20BrClN2O. The van der Waals surface area contributed by atoms with Crippen molar-refractivity contribution >= 4 is 27.5 Å². The van der Waals surface area contributed by atoms with Crippen molar-refractivity contribution in [3.05, 3.63) is 46.7 Å². The predicted molar refractivity (Wildman–Crippen MR) is 90.3 cm³/mol. The van der Waals surface area contributed by atoms with Crippen LogP contribution in [0.3, 0.4) is 0 Å². The minimum atomic E-state index is 0.452. The fourth-order valence-electron chi connectivity index (χ4n) is 2.28. The van der Waals surface area contributed by atoms with Gasteiger partial charge in [-0.2, -0.15) is 5.10 Å². The molecule has 0 aliphatic carbocycles. The maximum Gasteiger partial charge on any atom is 0.132 e. The molecule has 3 nitrogen and oxygen atoms in total. The van der Waals surface area contributed by atoms with E-state index in [4.69, 9.17) is 16.3 Å². The summed E-state index contributed by atoms with van der Waals surface area (Å²) in [4.78, 5) is 0. The van der Waals surface area contributed by atoms with Crippen molar-refractivity contribution in [3.63, 3.8) is 0 Å². The van der Waals surface area contributed by atoms with Crippen LogP contribution in [0.4, 0.5) is 0 Å².